The molecule has 1 aromatic rings. The standard InChI is InChI=1S/C12H18N2O3S/c1-13(2)11-8-14(9-12(11)15)18(16,17)10-6-4-3-5-7-10/h3-7,11-12,15H,8-9H2,1-2H3/t11-,12-/m1/s1. The third-order valence-corrected chi connectivity index (χ3v) is 5.12. The Morgan fingerprint density at radius 2 is 1.83 bits per heavy atom. The summed E-state index contributed by atoms with van der Waals surface area (Å²) < 4.78 is 26.0. The van der Waals surface area contributed by atoms with Crippen LogP contribution in [0.3, 0.4) is 0 Å². The molecule has 0 aromatic heterocycles. The van der Waals surface area contributed by atoms with Crippen LogP contribution in [-0.2, 0) is 10.0 Å². The molecular weight excluding hydrogens is 252 g/mol. The van der Waals surface area contributed by atoms with E-state index in [0.29, 0.717) is 6.54 Å². The first-order valence-corrected chi connectivity index (χ1v) is 7.26. The summed E-state index contributed by atoms with van der Waals surface area (Å²) in [5.74, 6) is 0. The van der Waals surface area contributed by atoms with Gasteiger partial charge in [0.15, 0.2) is 0 Å². The highest BCUT2D eigenvalue weighted by Crippen LogP contribution is 2.22. The maximum absolute atomic E-state index is 12.3. The highest BCUT2D eigenvalue weighted by Gasteiger charge is 2.39. The first kappa shape index (κ1) is 13.5. The minimum atomic E-state index is -3.49. The zero-order valence-corrected chi connectivity index (χ0v) is 11.3. The molecular formula is C12H18N2O3S. The largest absolute Gasteiger partial charge is 0.390 e. The predicted octanol–water partition coefficient (Wildman–Crippen LogP) is -0.0180. The zero-order chi connectivity index (χ0) is 13.3. The van der Waals surface area contributed by atoms with Gasteiger partial charge in [-0.2, -0.15) is 4.31 Å². The van der Waals surface area contributed by atoms with E-state index in [1.165, 1.54) is 4.31 Å². The van der Waals surface area contributed by atoms with Crippen molar-refractivity contribution in [2.75, 3.05) is 27.2 Å². The fraction of sp³-hybridized carbons (Fsp3) is 0.500. The van der Waals surface area contributed by atoms with Crippen LogP contribution < -0.4 is 0 Å². The van der Waals surface area contributed by atoms with Crippen LogP contribution in [-0.4, -0.2) is 62.1 Å². The van der Waals surface area contributed by atoms with Gasteiger partial charge in [-0.15, -0.1) is 0 Å². The van der Waals surface area contributed by atoms with Crippen molar-refractivity contribution in [2.45, 2.75) is 17.0 Å². The van der Waals surface area contributed by atoms with Crippen molar-refractivity contribution in [1.82, 2.24) is 9.21 Å². The van der Waals surface area contributed by atoms with Crippen molar-refractivity contribution in [1.29, 1.82) is 0 Å². The van der Waals surface area contributed by atoms with Crippen LogP contribution in [0.15, 0.2) is 35.2 Å². The van der Waals surface area contributed by atoms with Crippen molar-refractivity contribution in [2.24, 2.45) is 0 Å². The number of likely N-dealkylation sites (N-methyl/N-ethyl adjacent to an activating group) is 1. The molecule has 0 radical (unpaired) electrons. The van der Waals surface area contributed by atoms with Crippen molar-refractivity contribution in [3.05, 3.63) is 30.3 Å². The number of hydrogen-bond acceptors (Lipinski definition) is 4. The SMILES string of the molecule is CN(C)[C@@H]1CN(S(=O)(=O)c2ccccc2)C[C@H]1O. The van der Waals surface area contributed by atoms with Crippen molar-refractivity contribution >= 4 is 10.0 Å². The molecule has 0 aliphatic carbocycles. The summed E-state index contributed by atoms with van der Waals surface area (Å²) in [6.07, 6.45) is -0.640. The van der Waals surface area contributed by atoms with Gasteiger partial charge in [0.2, 0.25) is 10.0 Å². The van der Waals surface area contributed by atoms with Crippen LogP contribution in [0.25, 0.3) is 0 Å². The molecule has 0 bridgehead atoms. The first-order chi connectivity index (χ1) is 8.43. The van der Waals surface area contributed by atoms with Gasteiger partial charge in [-0.3, -0.25) is 0 Å². The molecule has 0 unspecified atom stereocenters. The van der Waals surface area contributed by atoms with Crippen LogP contribution in [0, 0.1) is 0 Å². The van der Waals surface area contributed by atoms with Crippen LogP contribution in [0.5, 0.6) is 0 Å². The van der Waals surface area contributed by atoms with E-state index < -0.39 is 16.1 Å². The normalized spacial score (nSPS) is 25.8. The summed E-state index contributed by atoms with van der Waals surface area (Å²) in [7, 11) is 0.188. The van der Waals surface area contributed by atoms with Gasteiger partial charge < -0.3 is 10.0 Å². The Morgan fingerprint density at radius 1 is 1.22 bits per heavy atom. The lowest BCUT2D eigenvalue weighted by atomic mass is 10.2. The summed E-state index contributed by atoms with van der Waals surface area (Å²) in [4.78, 5) is 2.13. The Kier molecular flexibility index (Phi) is 3.72. The molecule has 1 heterocycles. The first-order valence-electron chi connectivity index (χ1n) is 5.82. The number of aliphatic hydroxyl groups is 1. The molecule has 2 rings (SSSR count). The molecule has 6 heteroatoms. The summed E-state index contributed by atoms with van der Waals surface area (Å²) in [5.41, 5.74) is 0. The van der Waals surface area contributed by atoms with Crippen molar-refractivity contribution in [3.63, 3.8) is 0 Å². The average Bonchev–Trinajstić information content (AvgIpc) is 2.73. The molecule has 1 aromatic carbocycles. The number of benzene rings is 1. The quantitative estimate of drug-likeness (QED) is 0.839. The fourth-order valence-electron chi connectivity index (χ4n) is 2.18. The molecule has 0 amide bonds. The number of rotatable bonds is 3. The lowest BCUT2D eigenvalue weighted by Crippen LogP contribution is -2.38. The Labute approximate surface area is 108 Å². The van der Waals surface area contributed by atoms with Crippen molar-refractivity contribution in [3.8, 4) is 0 Å². The molecule has 1 aliphatic heterocycles. The lowest BCUT2D eigenvalue weighted by molar-refractivity contribution is 0.113. The summed E-state index contributed by atoms with van der Waals surface area (Å²) >= 11 is 0. The molecule has 1 N–H and O–H groups in total. The third-order valence-electron chi connectivity index (χ3n) is 3.27. The minimum Gasteiger partial charge on any atom is -0.390 e. The molecule has 0 spiro atoms. The van der Waals surface area contributed by atoms with Gasteiger partial charge in [0, 0.05) is 13.1 Å². The van der Waals surface area contributed by atoms with Gasteiger partial charge in [-0.1, -0.05) is 18.2 Å². The molecule has 0 saturated carbocycles. The van der Waals surface area contributed by atoms with E-state index in [4.69, 9.17) is 0 Å². The Morgan fingerprint density at radius 3 is 2.33 bits per heavy atom. The van der Waals surface area contributed by atoms with Crippen LogP contribution in [0.2, 0.25) is 0 Å². The van der Waals surface area contributed by atoms with E-state index in [1.54, 1.807) is 30.3 Å². The van der Waals surface area contributed by atoms with Gasteiger partial charge in [0.05, 0.1) is 17.0 Å². The number of hydrogen-bond donors (Lipinski definition) is 1. The Bertz CT molecular complexity index is 501. The summed E-state index contributed by atoms with van der Waals surface area (Å²) in [6.45, 7) is 0.478. The Balaban J connectivity index is 2.24. The second-order valence-corrected chi connectivity index (χ2v) is 6.67. The molecule has 1 aliphatic rings. The monoisotopic (exact) mass is 270 g/mol. The van der Waals surface area contributed by atoms with Gasteiger partial charge in [0.25, 0.3) is 0 Å². The van der Waals surface area contributed by atoms with E-state index in [1.807, 2.05) is 19.0 Å². The van der Waals surface area contributed by atoms with Gasteiger partial charge in [0.1, 0.15) is 0 Å². The zero-order valence-electron chi connectivity index (χ0n) is 10.5. The van der Waals surface area contributed by atoms with E-state index in [9.17, 15) is 13.5 Å². The van der Waals surface area contributed by atoms with E-state index in [-0.39, 0.29) is 17.5 Å². The topological polar surface area (TPSA) is 60.9 Å². The number of aliphatic hydroxyl groups excluding tert-OH is 1. The molecule has 1 saturated heterocycles. The van der Waals surface area contributed by atoms with E-state index in [2.05, 4.69) is 0 Å². The second kappa shape index (κ2) is 4.97. The summed E-state index contributed by atoms with van der Waals surface area (Å²) in [6, 6.07) is 8.17. The third kappa shape index (κ3) is 2.42. The van der Waals surface area contributed by atoms with E-state index >= 15 is 0 Å². The molecule has 18 heavy (non-hydrogen) atoms. The van der Waals surface area contributed by atoms with Crippen LogP contribution in [0.1, 0.15) is 0 Å². The van der Waals surface area contributed by atoms with Gasteiger partial charge in [-0.25, -0.2) is 8.42 Å². The molecule has 2 atom stereocenters. The summed E-state index contributed by atoms with van der Waals surface area (Å²) in [5, 5.41) is 9.89. The minimum absolute atomic E-state index is 0.150. The highest BCUT2D eigenvalue weighted by atomic mass is 32.2. The highest BCUT2D eigenvalue weighted by molar-refractivity contribution is 7.89. The predicted molar refractivity (Wildman–Crippen MR) is 68.7 cm³/mol. The molecule has 1 fully saturated rings. The number of nitrogens with zero attached hydrogens (tertiary/aromatic N) is 2. The smallest absolute Gasteiger partial charge is 0.243 e. The number of sulfonamides is 1. The van der Waals surface area contributed by atoms with Crippen molar-refractivity contribution < 1.29 is 13.5 Å². The number of β-amino-alcohol motifs (C(OH)–C–C–N with tert-alkyl or cyclic N) is 1. The van der Waals surface area contributed by atoms with Gasteiger partial charge >= 0.3 is 0 Å². The van der Waals surface area contributed by atoms with Crippen LogP contribution in [0.4, 0.5) is 0 Å². The maximum Gasteiger partial charge on any atom is 0.243 e. The van der Waals surface area contributed by atoms with Crippen LogP contribution >= 0.6 is 0 Å². The van der Waals surface area contributed by atoms with E-state index in [0.717, 1.165) is 0 Å². The second-order valence-electron chi connectivity index (χ2n) is 4.73. The Hall–Kier alpha value is -0.950. The lowest BCUT2D eigenvalue weighted by Gasteiger charge is -2.21. The fourth-order valence-corrected chi connectivity index (χ4v) is 3.68. The van der Waals surface area contributed by atoms with Gasteiger partial charge in [-0.05, 0) is 26.2 Å². The molecule has 5 nitrogen and oxygen atoms in total. The average molecular weight is 270 g/mol. The molecule has 100 valence electrons. The maximum atomic E-state index is 12.3.